The molecule has 0 aliphatic carbocycles. The molecule has 1 rings (SSSR count). The molecule has 0 radical (unpaired) electrons. The average molecular weight is 225 g/mol. The number of nitrogens with zero attached hydrogens (tertiary/aromatic N) is 2. The minimum atomic E-state index is 0.595. The summed E-state index contributed by atoms with van der Waals surface area (Å²) in [6, 6.07) is 1.19. The first-order chi connectivity index (χ1) is 7.61. The van der Waals surface area contributed by atoms with Crippen molar-refractivity contribution in [1.29, 1.82) is 0 Å². The van der Waals surface area contributed by atoms with Crippen molar-refractivity contribution in [2.45, 2.75) is 46.3 Å². The van der Waals surface area contributed by atoms with Gasteiger partial charge in [-0.3, -0.25) is 4.90 Å². The van der Waals surface area contributed by atoms with Crippen LogP contribution < -0.4 is 5.32 Å². The Morgan fingerprint density at radius 3 is 2.50 bits per heavy atom. The van der Waals surface area contributed by atoms with Crippen LogP contribution >= 0.6 is 0 Å². The summed E-state index contributed by atoms with van der Waals surface area (Å²) in [5.74, 6) is 0. The van der Waals surface area contributed by atoms with E-state index in [1.165, 1.54) is 0 Å². The molecule has 1 aromatic rings. The lowest BCUT2D eigenvalue weighted by atomic mass is 10.2. The summed E-state index contributed by atoms with van der Waals surface area (Å²) in [6.45, 7) is 11.8. The zero-order valence-electron chi connectivity index (χ0n) is 10.7. The number of nitrogens with one attached hydrogen (secondary N) is 1. The standard InChI is InChI=1S/C12H23N3O/c1-10(2)15(11(3)4)6-5-13-7-12-8-14-16-9-12/h8-11,13H,5-7H2,1-4H3. The van der Waals surface area contributed by atoms with E-state index in [-0.39, 0.29) is 0 Å². The molecule has 0 saturated carbocycles. The topological polar surface area (TPSA) is 41.3 Å². The van der Waals surface area contributed by atoms with E-state index in [1.54, 1.807) is 12.5 Å². The molecule has 1 heterocycles. The molecule has 0 aliphatic heterocycles. The number of aromatic nitrogens is 1. The van der Waals surface area contributed by atoms with E-state index >= 15 is 0 Å². The molecule has 16 heavy (non-hydrogen) atoms. The molecule has 0 atom stereocenters. The van der Waals surface area contributed by atoms with Crippen LogP contribution in [0.5, 0.6) is 0 Å². The van der Waals surface area contributed by atoms with Crippen molar-refractivity contribution in [2.75, 3.05) is 13.1 Å². The third-order valence-electron chi connectivity index (χ3n) is 2.69. The molecule has 0 fully saturated rings. The van der Waals surface area contributed by atoms with Gasteiger partial charge in [-0.2, -0.15) is 0 Å². The van der Waals surface area contributed by atoms with Gasteiger partial charge in [-0.15, -0.1) is 0 Å². The minimum absolute atomic E-state index is 0.595. The number of hydrogen-bond acceptors (Lipinski definition) is 4. The summed E-state index contributed by atoms with van der Waals surface area (Å²) in [5.41, 5.74) is 1.10. The van der Waals surface area contributed by atoms with Gasteiger partial charge in [0, 0.05) is 37.3 Å². The molecular formula is C12H23N3O. The zero-order chi connectivity index (χ0) is 12.0. The Labute approximate surface area is 98.0 Å². The van der Waals surface area contributed by atoms with Crippen molar-refractivity contribution in [3.05, 3.63) is 18.0 Å². The van der Waals surface area contributed by atoms with Crippen LogP contribution in [0.15, 0.2) is 17.0 Å². The van der Waals surface area contributed by atoms with E-state index < -0.39 is 0 Å². The molecule has 0 unspecified atom stereocenters. The van der Waals surface area contributed by atoms with Gasteiger partial charge >= 0.3 is 0 Å². The van der Waals surface area contributed by atoms with Crippen molar-refractivity contribution in [3.8, 4) is 0 Å². The van der Waals surface area contributed by atoms with Gasteiger partial charge in [0.1, 0.15) is 6.26 Å². The SMILES string of the molecule is CC(C)N(CCNCc1cnoc1)C(C)C. The zero-order valence-corrected chi connectivity index (χ0v) is 10.7. The van der Waals surface area contributed by atoms with Gasteiger partial charge < -0.3 is 9.84 Å². The van der Waals surface area contributed by atoms with E-state index in [0.29, 0.717) is 12.1 Å². The number of hydrogen-bond donors (Lipinski definition) is 1. The van der Waals surface area contributed by atoms with Crippen LogP contribution in [0, 0.1) is 0 Å². The van der Waals surface area contributed by atoms with Gasteiger partial charge in [0.05, 0.1) is 6.20 Å². The van der Waals surface area contributed by atoms with Crippen molar-refractivity contribution in [3.63, 3.8) is 0 Å². The summed E-state index contributed by atoms with van der Waals surface area (Å²) in [6.07, 6.45) is 3.42. The van der Waals surface area contributed by atoms with Crippen LogP contribution in [-0.4, -0.2) is 35.2 Å². The monoisotopic (exact) mass is 225 g/mol. The van der Waals surface area contributed by atoms with Crippen LogP contribution in [-0.2, 0) is 6.54 Å². The van der Waals surface area contributed by atoms with Gasteiger partial charge in [0.15, 0.2) is 0 Å². The fourth-order valence-corrected chi connectivity index (χ4v) is 1.87. The largest absolute Gasteiger partial charge is 0.364 e. The fraction of sp³-hybridized carbons (Fsp3) is 0.750. The highest BCUT2D eigenvalue weighted by molar-refractivity contribution is 4.99. The Morgan fingerprint density at radius 1 is 1.31 bits per heavy atom. The van der Waals surface area contributed by atoms with E-state index in [1.807, 2.05) is 0 Å². The molecule has 0 aromatic carbocycles. The molecule has 0 aliphatic rings. The summed E-state index contributed by atoms with van der Waals surface area (Å²) >= 11 is 0. The van der Waals surface area contributed by atoms with E-state index in [4.69, 9.17) is 4.52 Å². The van der Waals surface area contributed by atoms with Gasteiger partial charge in [-0.05, 0) is 27.7 Å². The Bertz CT molecular complexity index is 262. The van der Waals surface area contributed by atoms with Crippen molar-refractivity contribution in [2.24, 2.45) is 0 Å². The second kappa shape index (κ2) is 6.66. The second-order valence-electron chi connectivity index (χ2n) is 4.63. The third kappa shape index (κ3) is 4.33. The molecular weight excluding hydrogens is 202 g/mol. The van der Waals surface area contributed by atoms with Gasteiger partial charge in [-0.1, -0.05) is 5.16 Å². The second-order valence-corrected chi connectivity index (χ2v) is 4.63. The summed E-state index contributed by atoms with van der Waals surface area (Å²) in [5, 5.41) is 7.05. The summed E-state index contributed by atoms with van der Waals surface area (Å²) < 4.78 is 4.77. The Morgan fingerprint density at radius 2 is 2.00 bits per heavy atom. The maximum absolute atomic E-state index is 4.77. The predicted molar refractivity (Wildman–Crippen MR) is 65.2 cm³/mol. The highest BCUT2D eigenvalue weighted by Gasteiger charge is 2.11. The molecule has 1 N–H and O–H groups in total. The van der Waals surface area contributed by atoms with Gasteiger partial charge in [-0.25, -0.2) is 0 Å². The lowest BCUT2D eigenvalue weighted by molar-refractivity contribution is 0.176. The lowest BCUT2D eigenvalue weighted by Gasteiger charge is -2.30. The van der Waals surface area contributed by atoms with Crippen LogP contribution in [0.2, 0.25) is 0 Å². The first kappa shape index (κ1) is 13.2. The average Bonchev–Trinajstić information content (AvgIpc) is 2.68. The van der Waals surface area contributed by atoms with Gasteiger partial charge in [0.25, 0.3) is 0 Å². The highest BCUT2D eigenvalue weighted by Crippen LogP contribution is 2.03. The molecule has 92 valence electrons. The van der Waals surface area contributed by atoms with Crippen LogP contribution in [0.3, 0.4) is 0 Å². The Kier molecular flexibility index (Phi) is 5.49. The third-order valence-corrected chi connectivity index (χ3v) is 2.69. The molecule has 0 amide bonds. The molecule has 0 saturated heterocycles. The maximum atomic E-state index is 4.77. The molecule has 4 heteroatoms. The van der Waals surface area contributed by atoms with Crippen molar-refractivity contribution < 1.29 is 4.52 Å². The van der Waals surface area contributed by atoms with Crippen LogP contribution in [0.1, 0.15) is 33.3 Å². The fourth-order valence-electron chi connectivity index (χ4n) is 1.87. The van der Waals surface area contributed by atoms with Gasteiger partial charge in [0.2, 0.25) is 0 Å². The maximum Gasteiger partial charge on any atom is 0.128 e. The first-order valence-corrected chi connectivity index (χ1v) is 5.96. The van der Waals surface area contributed by atoms with E-state index in [9.17, 15) is 0 Å². The lowest BCUT2D eigenvalue weighted by Crippen LogP contribution is -2.41. The molecule has 0 spiro atoms. The smallest absolute Gasteiger partial charge is 0.128 e. The summed E-state index contributed by atoms with van der Waals surface area (Å²) in [7, 11) is 0. The normalized spacial score (nSPS) is 11.9. The summed E-state index contributed by atoms with van der Waals surface area (Å²) in [4.78, 5) is 2.47. The number of rotatable bonds is 7. The van der Waals surface area contributed by atoms with Crippen LogP contribution in [0.25, 0.3) is 0 Å². The first-order valence-electron chi connectivity index (χ1n) is 5.96. The Hall–Kier alpha value is -0.870. The Balaban J connectivity index is 2.18. The highest BCUT2D eigenvalue weighted by atomic mass is 16.5. The molecule has 4 nitrogen and oxygen atoms in total. The minimum Gasteiger partial charge on any atom is -0.364 e. The van der Waals surface area contributed by atoms with Crippen LogP contribution in [0.4, 0.5) is 0 Å². The molecule has 1 aromatic heterocycles. The predicted octanol–water partition coefficient (Wildman–Crippen LogP) is 1.88. The van der Waals surface area contributed by atoms with E-state index in [0.717, 1.165) is 25.2 Å². The molecule has 0 bridgehead atoms. The van der Waals surface area contributed by atoms with E-state index in [2.05, 4.69) is 43.1 Å². The quantitative estimate of drug-likeness (QED) is 0.719. The van der Waals surface area contributed by atoms with Crippen molar-refractivity contribution in [1.82, 2.24) is 15.4 Å². The van der Waals surface area contributed by atoms with Crippen molar-refractivity contribution >= 4 is 0 Å².